The van der Waals surface area contributed by atoms with Gasteiger partial charge in [-0.3, -0.25) is 9.59 Å². The number of aliphatic carboxylic acids is 1. The lowest BCUT2D eigenvalue weighted by Gasteiger charge is -2.18. The Morgan fingerprint density at radius 3 is 2.24 bits per heavy atom. The smallest absolute Gasteiger partial charge is 0.407 e. The number of hydrogen-bond donors (Lipinski definition) is 3. The molecule has 0 spiro atoms. The summed E-state index contributed by atoms with van der Waals surface area (Å²) in [6.45, 7) is 3.27. The molecule has 0 saturated carbocycles. The summed E-state index contributed by atoms with van der Waals surface area (Å²) < 4.78 is 10.8. The molecule has 0 radical (unpaired) electrons. The van der Waals surface area contributed by atoms with E-state index in [9.17, 15) is 14.4 Å². The highest BCUT2D eigenvalue weighted by molar-refractivity contribution is 5.89. The van der Waals surface area contributed by atoms with E-state index in [4.69, 9.17) is 14.6 Å². The summed E-state index contributed by atoms with van der Waals surface area (Å²) in [5.74, 6) is -1.92. The highest BCUT2D eigenvalue weighted by Crippen LogP contribution is 2.44. The van der Waals surface area contributed by atoms with Gasteiger partial charge in [0.05, 0.1) is 13.0 Å². The van der Waals surface area contributed by atoms with Crippen LogP contribution < -0.4 is 10.6 Å². The van der Waals surface area contributed by atoms with Crippen LogP contribution in [-0.4, -0.2) is 55.5 Å². The molecule has 176 valence electrons. The van der Waals surface area contributed by atoms with Gasteiger partial charge in [0.15, 0.2) is 0 Å². The first-order valence-electron chi connectivity index (χ1n) is 11.2. The summed E-state index contributed by atoms with van der Waals surface area (Å²) in [5.41, 5.74) is 4.33. The molecule has 0 aliphatic heterocycles. The van der Waals surface area contributed by atoms with Crippen LogP contribution in [0.2, 0.25) is 0 Å². The number of fused-ring (bicyclic) bond motifs is 3. The molecular formula is C25H30N2O6. The third-order valence-corrected chi connectivity index (χ3v) is 5.52. The number of unbranched alkanes of at least 4 members (excludes halogenated alkanes) is 1. The predicted octanol–water partition coefficient (Wildman–Crippen LogP) is 3.30. The van der Waals surface area contributed by atoms with Gasteiger partial charge >= 0.3 is 12.1 Å². The maximum absolute atomic E-state index is 12.4. The number of carboxylic acid groups (broad SMARTS) is 1. The lowest BCUT2D eigenvalue weighted by Crippen LogP contribution is -2.48. The van der Waals surface area contributed by atoms with Crippen LogP contribution in [0.5, 0.6) is 0 Å². The molecule has 2 aromatic carbocycles. The van der Waals surface area contributed by atoms with Crippen molar-refractivity contribution in [3.63, 3.8) is 0 Å². The molecule has 1 aliphatic rings. The minimum atomic E-state index is -1.24. The Balaban J connectivity index is 1.55. The van der Waals surface area contributed by atoms with Crippen LogP contribution in [0.3, 0.4) is 0 Å². The summed E-state index contributed by atoms with van der Waals surface area (Å²) in [5, 5.41) is 14.1. The molecule has 0 saturated heterocycles. The molecule has 2 amide bonds. The van der Waals surface area contributed by atoms with E-state index >= 15 is 0 Å². The van der Waals surface area contributed by atoms with Crippen LogP contribution in [0.1, 0.15) is 43.2 Å². The van der Waals surface area contributed by atoms with Gasteiger partial charge in [-0.1, -0.05) is 61.9 Å². The first-order valence-corrected chi connectivity index (χ1v) is 11.2. The van der Waals surface area contributed by atoms with Gasteiger partial charge in [0.2, 0.25) is 5.91 Å². The monoisotopic (exact) mass is 454 g/mol. The van der Waals surface area contributed by atoms with Crippen molar-refractivity contribution in [3.05, 3.63) is 59.7 Å². The highest BCUT2D eigenvalue weighted by atomic mass is 16.5. The third-order valence-electron chi connectivity index (χ3n) is 5.52. The molecule has 8 heteroatoms. The summed E-state index contributed by atoms with van der Waals surface area (Å²) in [7, 11) is 0. The van der Waals surface area contributed by atoms with Gasteiger partial charge in [-0.2, -0.15) is 0 Å². The fourth-order valence-electron chi connectivity index (χ4n) is 3.88. The van der Waals surface area contributed by atoms with E-state index in [2.05, 4.69) is 17.6 Å². The van der Waals surface area contributed by atoms with Gasteiger partial charge in [-0.05, 0) is 28.7 Å². The fraction of sp³-hybridized carbons (Fsp3) is 0.400. The van der Waals surface area contributed by atoms with Gasteiger partial charge in [0.1, 0.15) is 12.6 Å². The minimum Gasteiger partial charge on any atom is -0.481 e. The van der Waals surface area contributed by atoms with Gasteiger partial charge < -0.3 is 25.2 Å². The summed E-state index contributed by atoms with van der Waals surface area (Å²) >= 11 is 0. The minimum absolute atomic E-state index is 0.0759. The molecule has 3 N–H and O–H groups in total. The van der Waals surface area contributed by atoms with Crippen LogP contribution >= 0.6 is 0 Å². The quantitative estimate of drug-likeness (QED) is 0.424. The number of carbonyl (C=O) groups is 3. The van der Waals surface area contributed by atoms with Crippen molar-refractivity contribution in [2.45, 2.75) is 38.1 Å². The SMILES string of the molecule is CCCCOCCNC(=O)C(CC(=O)O)NC(=O)OCC1c2ccccc2-c2ccccc21. The van der Waals surface area contributed by atoms with Crippen molar-refractivity contribution in [3.8, 4) is 11.1 Å². The van der Waals surface area contributed by atoms with E-state index in [1.807, 2.05) is 48.5 Å². The maximum atomic E-state index is 12.4. The molecule has 1 unspecified atom stereocenters. The second kappa shape index (κ2) is 12.0. The maximum Gasteiger partial charge on any atom is 0.407 e. The average molecular weight is 455 g/mol. The standard InChI is InChI=1S/C25H30N2O6/c1-2-3-13-32-14-12-26-24(30)22(15-23(28)29)27-25(31)33-16-21-19-10-6-4-8-17(19)18-9-5-7-11-20(18)21/h4-11,21-22H,2-3,12-16H2,1H3,(H,26,30)(H,27,31)(H,28,29). The van der Waals surface area contributed by atoms with E-state index in [1.165, 1.54) is 0 Å². The lowest BCUT2D eigenvalue weighted by molar-refractivity contribution is -0.139. The van der Waals surface area contributed by atoms with Crippen LogP contribution in [0.25, 0.3) is 11.1 Å². The van der Waals surface area contributed by atoms with Crippen LogP contribution in [-0.2, 0) is 19.1 Å². The Kier molecular flexibility index (Phi) is 8.83. The van der Waals surface area contributed by atoms with E-state index in [1.54, 1.807) is 0 Å². The first-order chi connectivity index (χ1) is 16.0. The van der Waals surface area contributed by atoms with Crippen LogP contribution in [0, 0.1) is 0 Å². The Labute approximate surface area is 193 Å². The zero-order valence-corrected chi connectivity index (χ0v) is 18.7. The molecule has 8 nitrogen and oxygen atoms in total. The topological polar surface area (TPSA) is 114 Å². The van der Waals surface area contributed by atoms with E-state index in [0.29, 0.717) is 13.2 Å². The summed E-state index contributed by atoms with van der Waals surface area (Å²) in [4.78, 5) is 36.0. The van der Waals surface area contributed by atoms with Crippen molar-refractivity contribution < 1.29 is 29.0 Å². The number of hydrogen-bond acceptors (Lipinski definition) is 5. The van der Waals surface area contributed by atoms with E-state index in [-0.39, 0.29) is 19.1 Å². The number of ether oxygens (including phenoxy) is 2. The molecule has 3 rings (SSSR count). The number of nitrogens with one attached hydrogen (secondary N) is 2. The predicted molar refractivity (Wildman–Crippen MR) is 123 cm³/mol. The van der Waals surface area contributed by atoms with Crippen molar-refractivity contribution in [2.75, 3.05) is 26.4 Å². The van der Waals surface area contributed by atoms with Crippen molar-refractivity contribution >= 4 is 18.0 Å². The second-order valence-corrected chi connectivity index (χ2v) is 7.88. The molecule has 1 aliphatic carbocycles. The summed E-state index contributed by atoms with van der Waals surface area (Å²) in [6, 6.07) is 14.7. The Bertz CT molecular complexity index is 931. The van der Waals surface area contributed by atoms with Crippen molar-refractivity contribution in [1.29, 1.82) is 0 Å². The van der Waals surface area contributed by atoms with Crippen LogP contribution in [0.15, 0.2) is 48.5 Å². The molecule has 0 bridgehead atoms. The number of amides is 2. The zero-order valence-electron chi connectivity index (χ0n) is 18.7. The Morgan fingerprint density at radius 2 is 1.64 bits per heavy atom. The molecule has 0 heterocycles. The zero-order chi connectivity index (χ0) is 23.6. The van der Waals surface area contributed by atoms with Crippen molar-refractivity contribution in [1.82, 2.24) is 10.6 Å². The third kappa shape index (κ3) is 6.55. The van der Waals surface area contributed by atoms with Gasteiger partial charge in [-0.15, -0.1) is 0 Å². The Morgan fingerprint density at radius 1 is 1.00 bits per heavy atom. The molecule has 1 atom stereocenters. The average Bonchev–Trinajstić information content (AvgIpc) is 3.13. The number of carboxylic acids is 1. The molecule has 33 heavy (non-hydrogen) atoms. The van der Waals surface area contributed by atoms with Gasteiger partial charge in [0.25, 0.3) is 0 Å². The molecular weight excluding hydrogens is 424 g/mol. The second-order valence-electron chi connectivity index (χ2n) is 7.88. The number of rotatable bonds is 12. The highest BCUT2D eigenvalue weighted by Gasteiger charge is 2.30. The first kappa shape index (κ1) is 24.3. The van der Waals surface area contributed by atoms with Crippen LogP contribution in [0.4, 0.5) is 4.79 Å². The number of carbonyl (C=O) groups excluding carboxylic acids is 2. The normalized spacial score (nSPS) is 13.0. The molecule has 0 aromatic heterocycles. The van der Waals surface area contributed by atoms with Gasteiger partial charge in [-0.25, -0.2) is 4.79 Å². The van der Waals surface area contributed by atoms with E-state index in [0.717, 1.165) is 35.1 Å². The fourth-order valence-corrected chi connectivity index (χ4v) is 3.88. The van der Waals surface area contributed by atoms with E-state index < -0.39 is 30.4 Å². The summed E-state index contributed by atoms with van der Waals surface area (Å²) in [6.07, 6.45) is 0.556. The Hall–Kier alpha value is -3.39. The molecule has 0 fully saturated rings. The largest absolute Gasteiger partial charge is 0.481 e. The lowest BCUT2D eigenvalue weighted by atomic mass is 9.98. The number of alkyl carbamates (subject to hydrolysis) is 1. The van der Waals surface area contributed by atoms with Crippen molar-refractivity contribution in [2.24, 2.45) is 0 Å². The number of benzene rings is 2. The molecule has 2 aromatic rings. The van der Waals surface area contributed by atoms with Gasteiger partial charge in [0, 0.05) is 19.1 Å².